The minimum atomic E-state index is -0.653. The van der Waals surface area contributed by atoms with Crippen LogP contribution in [0.3, 0.4) is 0 Å². The lowest BCUT2D eigenvalue weighted by atomic mass is 9.79. The van der Waals surface area contributed by atoms with Crippen LogP contribution in [0.15, 0.2) is 89.1 Å². The first-order valence-corrected chi connectivity index (χ1v) is 13.3. The molecule has 0 fully saturated rings. The predicted octanol–water partition coefficient (Wildman–Crippen LogP) is 6.50. The van der Waals surface area contributed by atoms with E-state index in [1.807, 2.05) is 43.5 Å². The number of hydrazone groups is 1. The molecule has 0 amide bonds. The molecule has 1 aliphatic heterocycles. The van der Waals surface area contributed by atoms with Crippen LogP contribution in [0, 0.1) is 0 Å². The van der Waals surface area contributed by atoms with E-state index in [-0.39, 0.29) is 11.7 Å². The summed E-state index contributed by atoms with van der Waals surface area (Å²) in [6, 6.07) is 11.1. The second-order valence-electron chi connectivity index (χ2n) is 8.41. The van der Waals surface area contributed by atoms with Crippen molar-refractivity contribution in [3.8, 4) is 0 Å². The summed E-state index contributed by atoms with van der Waals surface area (Å²) in [5, 5.41) is 5.76. The van der Waals surface area contributed by atoms with E-state index < -0.39 is 5.41 Å². The van der Waals surface area contributed by atoms with Gasteiger partial charge in [-0.2, -0.15) is 5.10 Å². The second kappa shape index (κ2) is 11.8. The van der Waals surface area contributed by atoms with Gasteiger partial charge in [-0.15, -0.1) is 0 Å². The minimum absolute atomic E-state index is 0.286. The van der Waals surface area contributed by atoms with Gasteiger partial charge in [0.1, 0.15) is 5.83 Å². The first kappa shape index (κ1) is 27.3. The monoisotopic (exact) mass is 576 g/mol. The van der Waals surface area contributed by atoms with Crippen LogP contribution in [0.25, 0.3) is 0 Å². The highest BCUT2D eigenvalue weighted by Crippen LogP contribution is 2.39. The predicted molar refractivity (Wildman–Crippen MR) is 152 cm³/mol. The summed E-state index contributed by atoms with van der Waals surface area (Å²) in [5.41, 5.74) is 5.18. The first-order valence-electron chi connectivity index (χ1n) is 11.2. The van der Waals surface area contributed by atoms with Gasteiger partial charge in [0.05, 0.1) is 32.4 Å². The summed E-state index contributed by atoms with van der Waals surface area (Å²) >= 11 is 20.5. The summed E-state index contributed by atoms with van der Waals surface area (Å²) in [5.74, 6) is 11.4. The molecule has 0 radical (unpaired) electrons. The van der Waals surface area contributed by atoms with Crippen LogP contribution in [0.2, 0.25) is 15.1 Å². The molecule has 5 N–H and O–H groups in total. The highest BCUT2D eigenvalue weighted by molar-refractivity contribution is 7.98. The first-order chi connectivity index (χ1) is 17.8. The van der Waals surface area contributed by atoms with Gasteiger partial charge in [-0.25, -0.2) is 15.2 Å². The number of thioether (sulfide) groups is 1. The van der Waals surface area contributed by atoms with Gasteiger partial charge in [-0.1, -0.05) is 76.9 Å². The lowest BCUT2D eigenvalue weighted by Gasteiger charge is -2.29. The Morgan fingerprint density at radius 3 is 2.70 bits per heavy atom. The number of nitrogens with zero attached hydrogens (tertiary/aromatic N) is 3. The van der Waals surface area contributed by atoms with Crippen LogP contribution >= 0.6 is 46.6 Å². The number of allylic oxidation sites excluding steroid dienone is 6. The molecule has 2 aromatic carbocycles. The van der Waals surface area contributed by atoms with Gasteiger partial charge < -0.3 is 15.8 Å². The number of nitrogens with two attached hydrogens (primary N) is 2. The van der Waals surface area contributed by atoms with Crippen LogP contribution in [-0.4, -0.2) is 15.4 Å². The number of imidazole rings is 1. The van der Waals surface area contributed by atoms with Crippen molar-refractivity contribution in [3.63, 3.8) is 0 Å². The lowest BCUT2D eigenvalue weighted by molar-refractivity contribution is 0.594. The SMILES string of the molecule is CC1(c2ccc(Cl)c(Cl)c2)C=C/C=C(F)\C=C/Cn2c1cnc2SCc1ccc(/C(=N/N)NN)c(Cl)c1. The molecule has 4 rings (SSSR count). The highest BCUT2D eigenvalue weighted by atomic mass is 35.5. The van der Waals surface area contributed by atoms with E-state index in [0.29, 0.717) is 32.9 Å². The van der Waals surface area contributed by atoms with Gasteiger partial charge in [0.25, 0.3) is 0 Å². The minimum Gasteiger partial charge on any atom is -0.321 e. The molecule has 0 bridgehead atoms. The average Bonchev–Trinajstić information content (AvgIpc) is 3.29. The largest absolute Gasteiger partial charge is 0.321 e. The zero-order chi connectivity index (χ0) is 26.6. The Morgan fingerprint density at radius 2 is 2.00 bits per heavy atom. The number of aromatic nitrogens is 2. The van der Waals surface area contributed by atoms with Crippen molar-refractivity contribution in [3.05, 3.63) is 116 Å². The molecule has 0 saturated carbocycles. The van der Waals surface area contributed by atoms with Crippen LogP contribution < -0.4 is 17.1 Å². The number of benzene rings is 2. The van der Waals surface area contributed by atoms with Gasteiger partial charge in [-0.3, -0.25) is 0 Å². The molecule has 1 unspecified atom stereocenters. The molecular formula is C26H24Cl3FN6S. The summed E-state index contributed by atoms with van der Waals surface area (Å²) in [6.07, 6.45) is 10.1. The Bertz CT molecular complexity index is 1430. The van der Waals surface area contributed by atoms with E-state index in [2.05, 4.69) is 15.1 Å². The van der Waals surface area contributed by atoms with Crippen molar-refractivity contribution >= 4 is 52.4 Å². The molecule has 0 saturated heterocycles. The van der Waals surface area contributed by atoms with E-state index in [4.69, 9.17) is 51.5 Å². The van der Waals surface area contributed by atoms with E-state index in [0.717, 1.165) is 22.0 Å². The molecule has 0 spiro atoms. The number of amidine groups is 1. The normalized spacial score (nSPS) is 20.2. The lowest BCUT2D eigenvalue weighted by Crippen LogP contribution is -2.32. The van der Waals surface area contributed by atoms with E-state index in [1.54, 1.807) is 36.0 Å². The Balaban J connectivity index is 1.70. The molecule has 1 aromatic heterocycles. The van der Waals surface area contributed by atoms with Crippen molar-refractivity contribution in [1.29, 1.82) is 0 Å². The molecule has 2 heterocycles. The number of hydrazine groups is 1. The van der Waals surface area contributed by atoms with Crippen molar-refractivity contribution in [2.45, 2.75) is 29.8 Å². The standard InChI is InChI=1S/C26H24Cl3FN6S/c1-26(17-7-9-20(27)22(29)13-17)10-2-4-18(30)5-3-11-36-23(26)14-33-25(36)37-15-16-6-8-19(21(28)12-16)24(34-31)35-32/h2-10,12-14H,11,15,31-32H2,1H3,(H,34,35)/b5-3-,10-2?,18-4+. The number of hydrogen-bond donors (Lipinski definition) is 3. The zero-order valence-electron chi connectivity index (χ0n) is 19.8. The third-order valence-corrected chi connectivity index (χ3v) is 8.16. The second-order valence-corrected chi connectivity index (χ2v) is 10.6. The molecule has 3 aromatic rings. The van der Waals surface area contributed by atoms with Crippen LogP contribution in [0.5, 0.6) is 0 Å². The number of rotatable bonds is 5. The van der Waals surface area contributed by atoms with E-state index >= 15 is 0 Å². The Kier molecular flexibility index (Phi) is 8.67. The van der Waals surface area contributed by atoms with E-state index in [1.165, 1.54) is 12.2 Å². The highest BCUT2D eigenvalue weighted by Gasteiger charge is 2.31. The summed E-state index contributed by atoms with van der Waals surface area (Å²) in [7, 11) is 0. The maximum Gasteiger partial charge on any atom is 0.168 e. The zero-order valence-corrected chi connectivity index (χ0v) is 22.8. The number of hydrogen-bond acceptors (Lipinski definition) is 5. The fraction of sp³-hybridized carbons (Fsp3) is 0.154. The molecule has 1 atom stereocenters. The van der Waals surface area contributed by atoms with Crippen molar-refractivity contribution in [2.75, 3.05) is 0 Å². The van der Waals surface area contributed by atoms with Gasteiger partial charge in [0, 0.05) is 17.9 Å². The van der Waals surface area contributed by atoms with Crippen molar-refractivity contribution in [1.82, 2.24) is 15.0 Å². The quantitative estimate of drug-likeness (QED) is 0.106. The van der Waals surface area contributed by atoms with E-state index in [9.17, 15) is 4.39 Å². The molecule has 6 nitrogen and oxygen atoms in total. The summed E-state index contributed by atoms with van der Waals surface area (Å²) in [4.78, 5) is 4.73. The van der Waals surface area contributed by atoms with Gasteiger partial charge >= 0.3 is 0 Å². The third-order valence-electron chi connectivity index (χ3n) is 6.04. The van der Waals surface area contributed by atoms with Gasteiger partial charge in [0.2, 0.25) is 0 Å². The number of nitrogens with one attached hydrogen (secondary N) is 1. The third kappa shape index (κ3) is 5.89. The fourth-order valence-corrected chi connectivity index (χ4v) is 5.57. The molecule has 192 valence electrons. The van der Waals surface area contributed by atoms with Crippen LogP contribution in [0.1, 0.15) is 29.3 Å². The number of fused-ring (bicyclic) bond motifs is 1. The van der Waals surface area contributed by atoms with Crippen LogP contribution in [0.4, 0.5) is 4.39 Å². The Hall–Kier alpha value is -2.75. The molecular weight excluding hydrogens is 554 g/mol. The number of halogens is 4. The van der Waals surface area contributed by atoms with Crippen molar-refractivity contribution in [2.24, 2.45) is 16.8 Å². The Morgan fingerprint density at radius 1 is 1.19 bits per heavy atom. The summed E-state index contributed by atoms with van der Waals surface area (Å²) in [6.45, 7) is 2.48. The molecule has 11 heteroatoms. The topological polar surface area (TPSA) is 94.2 Å². The fourth-order valence-electron chi connectivity index (χ4n) is 4.05. The average molecular weight is 578 g/mol. The maximum absolute atomic E-state index is 14.3. The Labute approximate surface area is 233 Å². The smallest absolute Gasteiger partial charge is 0.168 e. The van der Waals surface area contributed by atoms with Gasteiger partial charge in [-0.05, 0) is 54.5 Å². The van der Waals surface area contributed by atoms with Crippen LogP contribution in [-0.2, 0) is 17.7 Å². The van der Waals surface area contributed by atoms with Gasteiger partial charge in [0.15, 0.2) is 11.0 Å². The molecule has 37 heavy (non-hydrogen) atoms. The molecule has 0 aliphatic carbocycles. The molecule has 1 aliphatic rings. The van der Waals surface area contributed by atoms with Crippen molar-refractivity contribution < 1.29 is 4.39 Å². The maximum atomic E-state index is 14.3. The summed E-state index contributed by atoms with van der Waals surface area (Å²) < 4.78 is 16.3.